The van der Waals surface area contributed by atoms with Crippen LogP contribution in [0.5, 0.6) is 0 Å². The van der Waals surface area contributed by atoms with Gasteiger partial charge < -0.3 is 5.32 Å². The van der Waals surface area contributed by atoms with Gasteiger partial charge >= 0.3 is 0 Å². The molecule has 2 aromatic rings. The van der Waals surface area contributed by atoms with Gasteiger partial charge in [0.25, 0.3) is 5.91 Å². The van der Waals surface area contributed by atoms with Crippen LogP contribution in [-0.2, 0) is 13.6 Å². The molecule has 0 radical (unpaired) electrons. The number of carbonyl (C=O) groups excluding carboxylic acids is 1. The second-order valence-electron chi connectivity index (χ2n) is 4.18. The molecule has 1 amide bonds. The second kappa shape index (κ2) is 5.48. The lowest BCUT2D eigenvalue weighted by molar-refractivity contribution is 0.0945. The van der Waals surface area contributed by atoms with Crippen molar-refractivity contribution in [3.05, 3.63) is 39.6 Å². The fourth-order valence-electron chi connectivity index (χ4n) is 1.76. The summed E-state index contributed by atoms with van der Waals surface area (Å²) in [5.41, 5.74) is 3.28. The smallest absolute Gasteiger partial charge is 0.271 e. The minimum Gasteiger partial charge on any atom is -0.346 e. The summed E-state index contributed by atoms with van der Waals surface area (Å²) in [6.45, 7) is 4.33. The first-order chi connectivity index (χ1) is 8.99. The largest absolute Gasteiger partial charge is 0.346 e. The maximum atomic E-state index is 11.9. The predicted octanol–water partition coefficient (Wildman–Crippen LogP) is 1.52. The number of amides is 1. The Hall–Kier alpha value is -1.76. The Kier molecular flexibility index (Phi) is 3.94. The van der Waals surface area contributed by atoms with Crippen molar-refractivity contribution in [1.82, 2.24) is 25.1 Å². The van der Waals surface area contributed by atoms with E-state index in [-0.39, 0.29) is 5.91 Å². The number of halogens is 1. The van der Waals surface area contributed by atoms with E-state index in [9.17, 15) is 4.79 Å². The molecule has 0 spiro atoms. The van der Waals surface area contributed by atoms with E-state index >= 15 is 0 Å². The van der Waals surface area contributed by atoms with Crippen LogP contribution in [-0.4, -0.2) is 25.7 Å². The molecule has 2 heterocycles. The van der Waals surface area contributed by atoms with Crippen molar-refractivity contribution >= 4 is 21.8 Å². The summed E-state index contributed by atoms with van der Waals surface area (Å²) in [5, 5.41) is 7.12. The number of hydrogen-bond donors (Lipinski definition) is 1. The standard InChI is InChI=1S/C12H14BrN5O/c1-7-9(8(2)18(3)17-7)4-16-12(19)10-5-15-11(13)6-14-10/h5-6H,4H2,1-3H3,(H,16,19). The molecule has 0 aliphatic heterocycles. The van der Waals surface area contributed by atoms with Gasteiger partial charge in [0.1, 0.15) is 10.3 Å². The van der Waals surface area contributed by atoms with Crippen LogP contribution in [0, 0.1) is 13.8 Å². The van der Waals surface area contributed by atoms with Gasteiger partial charge in [-0.3, -0.25) is 9.48 Å². The van der Waals surface area contributed by atoms with Crippen LogP contribution in [0.4, 0.5) is 0 Å². The molecule has 0 saturated carbocycles. The van der Waals surface area contributed by atoms with Crippen LogP contribution in [0.15, 0.2) is 17.0 Å². The number of carbonyl (C=O) groups is 1. The van der Waals surface area contributed by atoms with E-state index in [4.69, 9.17) is 0 Å². The average Bonchev–Trinajstić information content (AvgIpc) is 2.62. The molecule has 19 heavy (non-hydrogen) atoms. The topological polar surface area (TPSA) is 72.7 Å². The monoisotopic (exact) mass is 323 g/mol. The Bertz CT molecular complexity index is 605. The highest BCUT2D eigenvalue weighted by molar-refractivity contribution is 9.10. The molecule has 100 valence electrons. The second-order valence-corrected chi connectivity index (χ2v) is 4.99. The third-order valence-electron chi connectivity index (χ3n) is 2.94. The molecule has 0 fully saturated rings. The van der Waals surface area contributed by atoms with Crippen LogP contribution < -0.4 is 5.32 Å². The fraction of sp³-hybridized carbons (Fsp3) is 0.333. The summed E-state index contributed by atoms with van der Waals surface area (Å²) in [4.78, 5) is 19.9. The van der Waals surface area contributed by atoms with Crippen LogP contribution in [0.2, 0.25) is 0 Å². The summed E-state index contributed by atoms with van der Waals surface area (Å²) < 4.78 is 2.40. The van der Waals surface area contributed by atoms with Gasteiger partial charge in [0.15, 0.2) is 0 Å². The highest BCUT2D eigenvalue weighted by Gasteiger charge is 2.12. The van der Waals surface area contributed by atoms with E-state index < -0.39 is 0 Å². The molecule has 2 aromatic heterocycles. The molecule has 2 rings (SSSR count). The van der Waals surface area contributed by atoms with E-state index in [1.54, 1.807) is 4.68 Å². The van der Waals surface area contributed by atoms with Gasteiger partial charge in [0.2, 0.25) is 0 Å². The SMILES string of the molecule is Cc1nn(C)c(C)c1CNC(=O)c1cnc(Br)cn1. The van der Waals surface area contributed by atoms with Gasteiger partial charge in [-0.15, -0.1) is 0 Å². The molecule has 0 aromatic carbocycles. The lowest BCUT2D eigenvalue weighted by atomic mass is 10.2. The van der Waals surface area contributed by atoms with Crippen molar-refractivity contribution < 1.29 is 4.79 Å². The third-order valence-corrected chi connectivity index (χ3v) is 3.35. The lowest BCUT2D eigenvalue weighted by Gasteiger charge is -2.05. The molecule has 0 aliphatic carbocycles. The van der Waals surface area contributed by atoms with Crippen molar-refractivity contribution in [3.63, 3.8) is 0 Å². The van der Waals surface area contributed by atoms with E-state index in [0.29, 0.717) is 16.8 Å². The Morgan fingerprint density at radius 3 is 2.63 bits per heavy atom. The van der Waals surface area contributed by atoms with Crippen molar-refractivity contribution in [1.29, 1.82) is 0 Å². The fourth-order valence-corrected chi connectivity index (χ4v) is 1.97. The maximum Gasteiger partial charge on any atom is 0.271 e. The number of rotatable bonds is 3. The first kappa shape index (κ1) is 13.7. The zero-order valence-corrected chi connectivity index (χ0v) is 12.5. The Labute approximate surface area is 119 Å². The van der Waals surface area contributed by atoms with Gasteiger partial charge in [-0.05, 0) is 29.8 Å². The highest BCUT2D eigenvalue weighted by Crippen LogP contribution is 2.11. The molecular formula is C12H14BrN5O. The summed E-state index contributed by atoms with van der Waals surface area (Å²) in [5.74, 6) is -0.248. The Balaban J connectivity index is 2.06. The first-order valence-electron chi connectivity index (χ1n) is 5.74. The van der Waals surface area contributed by atoms with Crippen LogP contribution in [0.1, 0.15) is 27.4 Å². The summed E-state index contributed by atoms with van der Waals surface area (Å²) in [6.07, 6.45) is 2.93. The quantitative estimate of drug-likeness (QED) is 0.929. The normalized spacial score (nSPS) is 10.5. The minimum atomic E-state index is -0.248. The molecule has 0 atom stereocenters. The summed E-state index contributed by atoms with van der Waals surface area (Å²) in [7, 11) is 1.88. The average molecular weight is 324 g/mol. The first-order valence-corrected chi connectivity index (χ1v) is 6.53. The van der Waals surface area contributed by atoms with Crippen molar-refractivity contribution in [2.75, 3.05) is 0 Å². The molecule has 6 nitrogen and oxygen atoms in total. The molecule has 0 unspecified atom stereocenters. The summed E-state index contributed by atoms with van der Waals surface area (Å²) >= 11 is 3.18. The minimum absolute atomic E-state index is 0.248. The van der Waals surface area contributed by atoms with E-state index in [0.717, 1.165) is 17.0 Å². The van der Waals surface area contributed by atoms with Crippen molar-refractivity contribution in [2.24, 2.45) is 7.05 Å². The summed E-state index contributed by atoms with van der Waals surface area (Å²) in [6, 6.07) is 0. The molecule has 1 N–H and O–H groups in total. The van der Waals surface area contributed by atoms with Crippen molar-refractivity contribution in [2.45, 2.75) is 20.4 Å². The van der Waals surface area contributed by atoms with Gasteiger partial charge in [-0.2, -0.15) is 5.10 Å². The van der Waals surface area contributed by atoms with Crippen LogP contribution in [0.3, 0.4) is 0 Å². The number of hydrogen-bond acceptors (Lipinski definition) is 4. The Morgan fingerprint density at radius 1 is 1.37 bits per heavy atom. The zero-order chi connectivity index (χ0) is 14.0. The van der Waals surface area contributed by atoms with Gasteiger partial charge in [0, 0.05) is 24.8 Å². The predicted molar refractivity (Wildman–Crippen MR) is 73.6 cm³/mol. The van der Waals surface area contributed by atoms with Crippen LogP contribution in [0.25, 0.3) is 0 Å². The molecular weight excluding hydrogens is 310 g/mol. The van der Waals surface area contributed by atoms with Gasteiger partial charge in [-0.1, -0.05) is 0 Å². The maximum absolute atomic E-state index is 11.9. The number of nitrogens with zero attached hydrogens (tertiary/aromatic N) is 4. The van der Waals surface area contributed by atoms with Crippen molar-refractivity contribution in [3.8, 4) is 0 Å². The number of nitrogens with one attached hydrogen (secondary N) is 1. The highest BCUT2D eigenvalue weighted by atomic mass is 79.9. The van der Waals surface area contributed by atoms with Gasteiger partial charge in [0.05, 0.1) is 18.1 Å². The molecule has 0 bridgehead atoms. The molecule has 0 aliphatic rings. The molecule has 7 heteroatoms. The van der Waals surface area contributed by atoms with E-state index in [1.807, 2.05) is 20.9 Å². The molecule has 0 saturated heterocycles. The van der Waals surface area contributed by atoms with Gasteiger partial charge in [-0.25, -0.2) is 9.97 Å². The van der Waals surface area contributed by atoms with Crippen LogP contribution >= 0.6 is 15.9 Å². The Morgan fingerprint density at radius 2 is 2.11 bits per heavy atom. The lowest BCUT2D eigenvalue weighted by Crippen LogP contribution is -2.24. The third kappa shape index (κ3) is 2.98. The zero-order valence-electron chi connectivity index (χ0n) is 10.9. The number of aryl methyl sites for hydroxylation is 2. The van der Waals surface area contributed by atoms with E-state index in [2.05, 4.69) is 36.3 Å². The number of aromatic nitrogens is 4. The van der Waals surface area contributed by atoms with E-state index in [1.165, 1.54) is 12.4 Å².